The molecule has 1 aromatic rings. The molecule has 1 aliphatic heterocycles. The Bertz CT molecular complexity index is 986. The monoisotopic (exact) mass is 530 g/mol. The third-order valence-corrected chi connectivity index (χ3v) is 10.8. The smallest absolute Gasteiger partial charge is 0.236 e. The van der Waals surface area contributed by atoms with Gasteiger partial charge >= 0.3 is 0 Å². The van der Waals surface area contributed by atoms with E-state index in [0.29, 0.717) is 41.2 Å². The zero-order chi connectivity index (χ0) is 24.4. The largest absolute Gasteiger partial charge is 0.369 e. The predicted molar refractivity (Wildman–Crippen MR) is 135 cm³/mol. The number of aryl methyl sites for hydroxylation is 1. The second-order valence-corrected chi connectivity index (χ2v) is 13.4. The van der Waals surface area contributed by atoms with E-state index >= 15 is 0 Å². The van der Waals surface area contributed by atoms with Gasteiger partial charge in [-0.25, -0.2) is 0 Å². The van der Waals surface area contributed by atoms with Crippen molar-refractivity contribution in [2.75, 3.05) is 23.9 Å². The fourth-order valence-electron chi connectivity index (χ4n) is 7.14. The molecule has 5 fully saturated rings. The molecule has 1 heterocycles. The zero-order valence-electron chi connectivity index (χ0n) is 19.2. The van der Waals surface area contributed by atoms with Crippen LogP contribution in [0, 0.1) is 30.1 Å². The summed E-state index contributed by atoms with van der Waals surface area (Å²) in [6, 6.07) is 3.32. The van der Waals surface area contributed by atoms with Gasteiger partial charge in [0.05, 0.1) is 17.3 Å². The zero-order valence-corrected chi connectivity index (χ0v) is 21.5. The van der Waals surface area contributed by atoms with Crippen molar-refractivity contribution >= 4 is 51.7 Å². The van der Waals surface area contributed by atoms with Crippen LogP contribution in [-0.4, -0.2) is 50.9 Å². The van der Waals surface area contributed by atoms with Crippen LogP contribution in [-0.2, 0) is 9.59 Å². The Balaban J connectivity index is 1.29. The Morgan fingerprint density at radius 2 is 1.85 bits per heavy atom. The van der Waals surface area contributed by atoms with Gasteiger partial charge in [-0.3, -0.25) is 23.0 Å². The highest BCUT2D eigenvalue weighted by Gasteiger charge is 2.58. The summed E-state index contributed by atoms with van der Waals surface area (Å²) in [4.78, 5) is 25.3. The lowest BCUT2D eigenvalue weighted by Crippen LogP contribution is -2.62. The first-order valence-corrected chi connectivity index (χ1v) is 14.1. The minimum atomic E-state index is -3.44. The molecule has 11 heteroatoms. The fraction of sp³-hybridized carbons (Fsp3) is 0.652. The number of nitrogens with one attached hydrogen (secondary N) is 1. The van der Waals surface area contributed by atoms with Crippen LogP contribution in [0.4, 0.5) is 5.69 Å². The van der Waals surface area contributed by atoms with E-state index in [1.165, 1.54) is 8.61 Å². The number of benzene rings is 1. The van der Waals surface area contributed by atoms with Gasteiger partial charge in [0, 0.05) is 29.6 Å². The third kappa shape index (κ3) is 4.08. The molecule has 6 rings (SSSR count). The van der Waals surface area contributed by atoms with Crippen molar-refractivity contribution in [1.29, 1.82) is 0 Å². The highest BCUT2D eigenvalue weighted by atomic mass is 35.5. The normalized spacial score (nSPS) is 35.3. The first kappa shape index (κ1) is 24.5. The summed E-state index contributed by atoms with van der Waals surface area (Å²) in [7, 11) is -3.44. The van der Waals surface area contributed by atoms with Crippen LogP contribution in [0.1, 0.15) is 44.1 Å². The number of carbonyl (C=O) groups excluding carboxylic acids is 2. The average Bonchev–Trinajstić information content (AvgIpc) is 2.72. The van der Waals surface area contributed by atoms with E-state index in [-0.39, 0.29) is 36.2 Å². The summed E-state index contributed by atoms with van der Waals surface area (Å²) >= 11 is 12.5. The maximum atomic E-state index is 13.1. The number of hydrogen-bond donors (Lipinski definition) is 4. The maximum Gasteiger partial charge on any atom is 0.236 e. The maximum absolute atomic E-state index is 13.1. The molecular formula is C23H32Cl2N4O4S. The fourth-order valence-corrected chi connectivity index (χ4v) is 9.69. The van der Waals surface area contributed by atoms with Crippen molar-refractivity contribution in [1.82, 2.24) is 9.62 Å². The van der Waals surface area contributed by atoms with E-state index < -0.39 is 16.4 Å². The van der Waals surface area contributed by atoms with Crippen LogP contribution >= 0.6 is 34.2 Å². The highest BCUT2D eigenvalue weighted by Crippen LogP contribution is 2.60. The van der Waals surface area contributed by atoms with E-state index in [1.54, 1.807) is 12.1 Å². The number of halogens is 2. The molecule has 4 aliphatic carbocycles. The van der Waals surface area contributed by atoms with Gasteiger partial charge in [0.15, 0.2) is 0 Å². The molecule has 2 unspecified atom stereocenters. The van der Waals surface area contributed by atoms with Gasteiger partial charge in [-0.2, -0.15) is 4.31 Å². The van der Waals surface area contributed by atoms with E-state index in [2.05, 4.69) is 5.32 Å². The number of nitrogens with zero attached hydrogens (tertiary/aromatic N) is 2. The molecule has 1 saturated heterocycles. The summed E-state index contributed by atoms with van der Waals surface area (Å²) in [6.07, 6.45) is 5.03. The van der Waals surface area contributed by atoms with Crippen LogP contribution in [0.15, 0.2) is 12.1 Å². The Kier molecular flexibility index (Phi) is 6.27. The van der Waals surface area contributed by atoms with Crippen LogP contribution in [0.5, 0.6) is 0 Å². The minimum absolute atomic E-state index is 0.00663. The first-order valence-electron chi connectivity index (χ1n) is 11.9. The SMILES string of the molecule is Cc1cc(Cl)cc(Cl)c1N1CCCN(CC(=O)NC2C3CC4CC2CC(C(N)=O)(C4)C3)S1(O)O. The van der Waals surface area contributed by atoms with Crippen molar-refractivity contribution in [2.24, 2.45) is 28.9 Å². The molecule has 4 bridgehead atoms. The molecule has 2 amide bonds. The van der Waals surface area contributed by atoms with Gasteiger partial charge in [0.2, 0.25) is 11.8 Å². The van der Waals surface area contributed by atoms with E-state index in [9.17, 15) is 18.7 Å². The van der Waals surface area contributed by atoms with E-state index in [0.717, 1.165) is 37.7 Å². The number of primary amides is 1. The first-order chi connectivity index (χ1) is 16.0. The second kappa shape index (κ2) is 8.71. The lowest BCUT2D eigenvalue weighted by Gasteiger charge is -2.59. The summed E-state index contributed by atoms with van der Waals surface area (Å²) in [5.41, 5.74) is 6.63. The number of amides is 2. The molecule has 5 aliphatic rings. The predicted octanol–water partition coefficient (Wildman–Crippen LogP) is 4.19. The quantitative estimate of drug-likeness (QED) is 0.453. The summed E-state index contributed by atoms with van der Waals surface area (Å²) < 4.78 is 25.3. The Labute approximate surface area is 211 Å². The van der Waals surface area contributed by atoms with E-state index in [1.807, 2.05) is 6.92 Å². The van der Waals surface area contributed by atoms with Gasteiger partial charge in [-0.05, 0) is 91.9 Å². The van der Waals surface area contributed by atoms with Crippen LogP contribution in [0.25, 0.3) is 0 Å². The van der Waals surface area contributed by atoms with Crippen molar-refractivity contribution in [3.63, 3.8) is 0 Å². The number of rotatable bonds is 5. The van der Waals surface area contributed by atoms with Crippen LogP contribution < -0.4 is 15.4 Å². The van der Waals surface area contributed by atoms with Gasteiger partial charge in [0.1, 0.15) is 0 Å². The minimum Gasteiger partial charge on any atom is -0.369 e. The number of carbonyl (C=O) groups is 2. The molecule has 188 valence electrons. The van der Waals surface area contributed by atoms with Gasteiger partial charge in [-0.1, -0.05) is 23.2 Å². The topological polar surface area (TPSA) is 119 Å². The lowest BCUT2D eigenvalue weighted by molar-refractivity contribution is -0.147. The van der Waals surface area contributed by atoms with Gasteiger partial charge in [-0.15, -0.1) is 0 Å². The van der Waals surface area contributed by atoms with Gasteiger partial charge < -0.3 is 11.1 Å². The third-order valence-electron chi connectivity index (χ3n) is 8.32. The van der Waals surface area contributed by atoms with Gasteiger partial charge in [0.25, 0.3) is 0 Å². The van der Waals surface area contributed by atoms with Crippen molar-refractivity contribution in [3.8, 4) is 0 Å². The van der Waals surface area contributed by atoms with Crippen molar-refractivity contribution in [2.45, 2.75) is 51.5 Å². The van der Waals surface area contributed by atoms with Crippen LogP contribution in [0.2, 0.25) is 10.0 Å². The lowest BCUT2D eigenvalue weighted by atomic mass is 9.47. The second-order valence-electron chi connectivity index (χ2n) is 10.6. The Morgan fingerprint density at radius 3 is 2.47 bits per heavy atom. The number of anilines is 1. The summed E-state index contributed by atoms with van der Waals surface area (Å²) in [5.74, 6) is 0.572. The molecular weight excluding hydrogens is 499 g/mol. The Morgan fingerprint density at radius 1 is 1.18 bits per heavy atom. The summed E-state index contributed by atoms with van der Waals surface area (Å²) in [6.45, 7) is 2.50. The molecule has 0 spiro atoms. The molecule has 34 heavy (non-hydrogen) atoms. The van der Waals surface area contributed by atoms with Crippen molar-refractivity contribution in [3.05, 3.63) is 27.7 Å². The van der Waals surface area contributed by atoms with Crippen molar-refractivity contribution < 1.29 is 18.7 Å². The molecule has 2 atom stereocenters. The highest BCUT2D eigenvalue weighted by molar-refractivity contribution is 8.23. The van der Waals surface area contributed by atoms with Crippen LogP contribution in [0.3, 0.4) is 0 Å². The summed E-state index contributed by atoms with van der Waals surface area (Å²) in [5, 5.41) is 4.00. The number of nitrogens with two attached hydrogens (primary N) is 1. The molecule has 1 aromatic carbocycles. The average molecular weight is 532 g/mol. The molecule has 0 aromatic heterocycles. The van der Waals surface area contributed by atoms with E-state index in [4.69, 9.17) is 28.9 Å². The standard InChI is InChI=1S/C23H32Cl2N4O4S/c1-13-5-17(24)8-18(25)21(13)29-4-2-3-28(34(29,32)33)12-19(30)27-20-15-6-14-7-16(20)11-23(9-14,10-15)22(26)31/h5,8,14-16,20,32-33H,2-4,6-7,9-12H2,1H3,(H2,26,31)(H,27,30). The number of hydrogen-bond acceptors (Lipinski definition) is 6. The molecule has 5 N–H and O–H groups in total. The molecule has 4 saturated carbocycles. The Hall–Kier alpha value is -1.23. The molecule has 8 nitrogen and oxygen atoms in total. The molecule has 0 radical (unpaired) electrons.